The Labute approximate surface area is 115 Å². The average molecular weight is 257 g/mol. The van der Waals surface area contributed by atoms with E-state index in [4.69, 9.17) is 5.73 Å². The van der Waals surface area contributed by atoms with Crippen molar-refractivity contribution in [3.05, 3.63) is 41.9 Å². The molecule has 1 heterocycles. The third kappa shape index (κ3) is 3.24. The van der Waals surface area contributed by atoms with Gasteiger partial charge in [0.1, 0.15) is 0 Å². The molecule has 1 aromatic heterocycles. The minimum Gasteiger partial charge on any atom is -0.334 e. The van der Waals surface area contributed by atoms with E-state index in [2.05, 4.69) is 40.7 Å². The van der Waals surface area contributed by atoms with Gasteiger partial charge in [0.05, 0.1) is 17.7 Å². The van der Waals surface area contributed by atoms with Gasteiger partial charge < -0.3 is 10.3 Å². The lowest BCUT2D eigenvalue weighted by Gasteiger charge is -2.07. The molecule has 0 amide bonds. The monoisotopic (exact) mass is 257 g/mol. The number of nitrogens with two attached hydrogens (primary N) is 1. The second-order valence-electron chi connectivity index (χ2n) is 4.99. The normalized spacial score (nSPS) is 10.9. The number of aryl methyl sites for hydroxylation is 2. The van der Waals surface area contributed by atoms with Gasteiger partial charge in [0, 0.05) is 19.0 Å². The van der Waals surface area contributed by atoms with Crippen molar-refractivity contribution in [3.8, 4) is 11.3 Å². The van der Waals surface area contributed by atoms with E-state index in [9.17, 15) is 0 Å². The van der Waals surface area contributed by atoms with Gasteiger partial charge in [0.2, 0.25) is 0 Å². The maximum absolute atomic E-state index is 5.65. The summed E-state index contributed by atoms with van der Waals surface area (Å²) in [6.45, 7) is 2.86. The van der Waals surface area contributed by atoms with Gasteiger partial charge in [0.15, 0.2) is 0 Å². The third-order valence-electron chi connectivity index (χ3n) is 3.44. The Morgan fingerprint density at radius 1 is 1.16 bits per heavy atom. The van der Waals surface area contributed by atoms with E-state index in [1.54, 1.807) is 0 Å². The first-order chi connectivity index (χ1) is 9.26. The first-order valence-corrected chi connectivity index (χ1v) is 7.05. The van der Waals surface area contributed by atoms with E-state index in [-0.39, 0.29) is 0 Å². The van der Waals surface area contributed by atoms with E-state index in [0.29, 0.717) is 6.54 Å². The molecule has 3 nitrogen and oxygen atoms in total. The molecule has 2 aromatic rings. The zero-order valence-electron chi connectivity index (χ0n) is 11.9. The standard InChI is InChI=1S/C16H23N3/c1-3-4-5-13-6-8-14(9-7-13)16-15(10-11-17)18-12-19(16)2/h6-9,12H,3-5,10-11,17H2,1-2H3. The van der Waals surface area contributed by atoms with Gasteiger partial charge in [-0.25, -0.2) is 4.98 Å². The molecule has 0 aliphatic rings. The van der Waals surface area contributed by atoms with Crippen LogP contribution in [-0.4, -0.2) is 16.1 Å². The lowest BCUT2D eigenvalue weighted by atomic mass is 10.0. The molecule has 0 aliphatic heterocycles. The van der Waals surface area contributed by atoms with E-state index in [1.807, 2.05) is 13.4 Å². The van der Waals surface area contributed by atoms with Crippen molar-refractivity contribution in [2.45, 2.75) is 32.6 Å². The Morgan fingerprint density at radius 3 is 2.53 bits per heavy atom. The average Bonchev–Trinajstić information content (AvgIpc) is 2.79. The van der Waals surface area contributed by atoms with Crippen LogP contribution in [0.25, 0.3) is 11.3 Å². The van der Waals surface area contributed by atoms with Crippen LogP contribution in [0.15, 0.2) is 30.6 Å². The van der Waals surface area contributed by atoms with Crippen LogP contribution in [0, 0.1) is 0 Å². The molecule has 0 radical (unpaired) electrons. The third-order valence-corrected chi connectivity index (χ3v) is 3.44. The summed E-state index contributed by atoms with van der Waals surface area (Å²) in [7, 11) is 2.04. The van der Waals surface area contributed by atoms with Crippen LogP contribution >= 0.6 is 0 Å². The minimum atomic E-state index is 0.637. The number of benzene rings is 1. The number of aromatic nitrogens is 2. The Kier molecular flexibility index (Phi) is 4.74. The van der Waals surface area contributed by atoms with Crippen LogP contribution < -0.4 is 5.73 Å². The highest BCUT2D eigenvalue weighted by molar-refractivity contribution is 5.63. The molecule has 0 saturated carbocycles. The molecule has 3 heteroatoms. The fourth-order valence-electron chi connectivity index (χ4n) is 2.38. The summed E-state index contributed by atoms with van der Waals surface area (Å²) in [5.74, 6) is 0. The molecule has 0 unspecified atom stereocenters. The lowest BCUT2D eigenvalue weighted by molar-refractivity contribution is 0.795. The van der Waals surface area contributed by atoms with Gasteiger partial charge in [-0.05, 0) is 24.9 Å². The summed E-state index contributed by atoms with van der Waals surface area (Å²) in [5.41, 5.74) is 10.6. The molecular weight excluding hydrogens is 234 g/mol. The van der Waals surface area contributed by atoms with Crippen LogP contribution in [0.4, 0.5) is 0 Å². The largest absolute Gasteiger partial charge is 0.334 e. The molecule has 1 aromatic carbocycles. The number of unbranched alkanes of at least 4 members (excludes halogenated alkanes) is 1. The van der Waals surface area contributed by atoms with Crippen LogP contribution in [0.5, 0.6) is 0 Å². The first kappa shape index (κ1) is 13.8. The van der Waals surface area contributed by atoms with Crippen molar-refractivity contribution in [2.75, 3.05) is 6.54 Å². The smallest absolute Gasteiger partial charge is 0.0951 e. The molecule has 0 spiro atoms. The van der Waals surface area contributed by atoms with Crippen molar-refractivity contribution < 1.29 is 0 Å². The summed E-state index contributed by atoms with van der Waals surface area (Å²) < 4.78 is 2.08. The van der Waals surface area contributed by atoms with E-state index >= 15 is 0 Å². The second-order valence-corrected chi connectivity index (χ2v) is 4.99. The van der Waals surface area contributed by atoms with Gasteiger partial charge in [0.25, 0.3) is 0 Å². The summed E-state index contributed by atoms with van der Waals surface area (Å²) in [4.78, 5) is 4.44. The maximum atomic E-state index is 5.65. The van der Waals surface area contributed by atoms with E-state index < -0.39 is 0 Å². The molecule has 0 atom stereocenters. The summed E-state index contributed by atoms with van der Waals surface area (Å²) in [6.07, 6.45) is 6.35. The van der Waals surface area contributed by atoms with Crippen molar-refractivity contribution in [1.82, 2.24) is 9.55 Å². The number of nitrogens with zero attached hydrogens (tertiary/aromatic N) is 2. The Balaban J connectivity index is 2.24. The van der Waals surface area contributed by atoms with Crippen molar-refractivity contribution in [2.24, 2.45) is 12.8 Å². The molecule has 2 N–H and O–H groups in total. The summed E-state index contributed by atoms with van der Waals surface area (Å²) in [5, 5.41) is 0. The van der Waals surface area contributed by atoms with Gasteiger partial charge in [-0.2, -0.15) is 0 Å². The molecular formula is C16H23N3. The second kappa shape index (κ2) is 6.53. The zero-order chi connectivity index (χ0) is 13.7. The van der Waals surface area contributed by atoms with E-state index in [0.717, 1.165) is 18.5 Å². The van der Waals surface area contributed by atoms with Gasteiger partial charge in [-0.15, -0.1) is 0 Å². The van der Waals surface area contributed by atoms with Crippen LogP contribution in [0.3, 0.4) is 0 Å². The van der Waals surface area contributed by atoms with E-state index in [1.165, 1.54) is 29.7 Å². The highest BCUT2D eigenvalue weighted by Gasteiger charge is 2.10. The van der Waals surface area contributed by atoms with Gasteiger partial charge in [-0.1, -0.05) is 37.6 Å². The highest BCUT2D eigenvalue weighted by Crippen LogP contribution is 2.23. The summed E-state index contributed by atoms with van der Waals surface area (Å²) >= 11 is 0. The molecule has 0 fully saturated rings. The van der Waals surface area contributed by atoms with Crippen molar-refractivity contribution >= 4 is 0 Å². The molecule has 2 rings (SSSR count). The first-order valence-electron chi connectivity index (χ1n) is 7.05. The predicted octanol–water partition coefficient (Wildman–Crippen LogP) is 2.93. The van der Waals surface area contributed by atoms with Crippen molar-refractivity contribution in [1.29, 1.82) is 0 Å². The van der Waals surface area contributed by atoms with Crippen LogP contribution in [0.1, 0.15) is 31.0 Å². The SMILES string of the molecule is CCCCc1ccc(-c2c(CCN)ncn2C)cc1. The fourth-order valence-corrected chi connectivity index (χ4v) is 2.38. The van der Waals surface area contributed by atoms with Crippen LogP contribution in [-0.2, 0) is 19.9 Å². The molecule has 0 bridgehead atoms. The van der Waals surface area contributed by atoms with Gasteiger partial charge in [-0.3, -0.25) is 0 Å². The van der Waals surface area contributed by atoms with Crippen molar-refractivity contribution in [3.63, 3.8) is 0 Å². The number of imidazole rings is 1. The Hall–Kier alpha value is -1.61. The van der Waals surface area contributed by atoms with Gasteiger partial charge >= 0.3 is 0 Å². The fraction of sp³-hybridized carbons (Fsp3) is 0.438. The molecule has 0 saturated heterocycles. The lowest BCUT2D eigenvalue weighted by Crippen LogP contribution is -2.04. The van der Waals surface area contributed by atoms with Crippen LogP contribution in [0.2, 0.25) is 0 Å². The number of rotatable bonds is 6. The summed E-state index contributed by atoms with van der Waals surface area (Å²) in [6, 6.07) is 8.85. The maximum Gasteiger partial charge on any atom is 0.0951 e. The zero-order valence-corrected chi connectivity index (χ0v) is 11.9. The molecule has 19 heavy (non-hydrogen) atoms. The quantitative estimate of drug-likeness (QED) is 0.864. The minimum absolute atomic E-state index is 0.637. The Morgan fingerprint density at radius 2 is 1.89 bits per heavy atom. The topological polar surface area (TPSA) is 43.8 Å². The molecule has 102 valence electrons. The Bertz CT molecular complexity index is 511. The number of hydrogen-bond donors (Lipinski definition) is 1. The number of hydrogen-bond acceptors (Lipinski definition) is 2. The predicted molar refractivity (Wildman–Crippen MR) is 80.0 cm³/mol. The highest BCUT2D eigenvalue weighted by atomic mass is 15.0. The molecule has 0 aliphatic carbocycles.